The number of aromatic nitrogens is 1. The number of thiazole rings is 1. The predicted molar refractivity (Wildman–Crippen MR) is 55.5 cm³/mol. The zero-order chi connectivity index (χ0) is 10.7. The Morgan fingerprint density at radius 3 is 2.29 bits per heavy atom. The Kier molecular flexibility index (Phi) is 3.19. The summed E-state index contributed by atoms with van der Waals surface area (Å²) in [5.41, 5.74) is 0.703. The molecule has 0 saturated carbocycles. The molecule has 0 spiro atoms. The first-order valence-corrected chi connectivity index (χ1v) is 4.83. The Labute approximate surface area is 85.5 Å². The van der Waals surface area contributed by atoms with Crippen LogP contribution in [0, 0.1) is 6.92 Å². The third kappa shape index (κ3) is 2.81. The number of nitrogens with zero attached hydrogens (tertiary/aromatic N) is 1. The van der Waals surface area contributed by atoms with Crippen LogP contribution in [0.5, 0.6) is 0 Å². The van der Waals surface area contributed by atoms with Crippen LogP contribution in [0.25, 0.3) is 0 Å². The molecule has 5 nitrogen and oxygen atoms in total. The molecule has 0 fully saturated rings. The van der Waals surface area contributed by atoms with Crippen LogP contribution in [0.15, 0.2) is 0 Å². The zero-order valence-electron chi connectivity index (χ0n) is 8.17. The molecule has 2 N–H and O–H groups in total. The molecular weight excluding hydrogens is 202 g/mol. The number of carbonyl (C=O) groups excluding carboxylic acids is 2. The first-order valence-electron chi connectivity index (χ1n) is 4.01. The van der Waals surface area contributed by atoms with Gasteiger partial charge in [-0.2, -0.15) is 0 Å². The third-order valence-corrected chi connectivity index (χ3v) is 2.36. The van der Waals surface area contributed by atoms with Crippen LogP contribution in [-0.4, -0.2) is 16.8 Å². The summed E-state index contributed by atoms with van der Waals surface area (Å²) in [7, 11) is 0. The van der Waals surface area contributed by atoms with E-state index in [-0.39, 0.29) is 11.8 Å². The van der Waals surface area contributed by atoms with E-state index in [9.17, 15) is 9.59 Å². The second-order valence-corrected chi connectivity index (χ2v) is 3.79. The quantitative estimate of drug-likeness (QED) is 0.779. The Morgan fingerprint density at radius 1 is 1.21 bits per heavy atom. The Balaban J connectivity index is 2.81. The molecule has 0 aliphatic rings. The lowest BCUT2D eigenvalue weighted by Crippen LogP contribution is -2.05. The number of amides is 2. The van der Waals surface area contributed by atoms with Gasteiger partial charge in [-0.05, 0) is 6.92 Å². The molecule has 14 heavy (non-hydrogen) atoms. The SMILES string of the molecule is CC(=O)Nc1nc(C)c(NC(C)=O)s1. The third-order valence-electron chi connectivity index (χ3n) is 1.37. The molecule has 0 radical (unpaired) electrons. The Morgan fingerprint density at radius 2 is 1.79 bits per heavy atom. The van der Waals surface area contributed by atoms with Crippen LogP contribution in [0.1, 0.15) is 19.5 Å². The normalized spacial score (nSPS) is 9.64. The molecule has 1 rings (SSSR count). The highest BCUT2D eigenvalue weighted by molar-refractivity contribution is 7.20. The van der Waals surface area contributed by atoms with Crippen LogP contribution >= 0.6 is 11.3 Å². The number of hydrogen-bond acceptors (Lipinski definition) is 4. The molecule has 0 saturated heterocycles. The van der Waals surface area contributed by atoms with E-state index in [1.54, 1.807) is 6.92 Å². The molecule has 0 unspecified atom stereocenters. The van der Waals surface area contributed by atoms with E-state index in [2.05, 4.69) is 15.6 Å². The predicted octanol–water partition coefficient (Wildman–Crippen LogP) is 1.37. The molecule has 76 valence electrons. The Bertz CT molecular complexity index is 373. The van der Waals surface area contributed by atoms with E-state index >= 15 is 0 Å². The molecule has 0 aliphatic carbocycles. The van der Waals surface area contributed by atoms with E-state index < -0.39 is 0 Å². The first-order chi connectivity index (χ1) is 6.49. The highest BCUT2D eigenvalue weighted by Crippen LogP contribution is 2.27. The highest BCUT2D eigenvalue weighted by atomic mass is 32.1. The van der Waals surface area contributed by atoms with Crippen molar-refractivity contribution in [3.8, 4) is 0 Å². The van der Waals surface area contributed by atoms with Gasteiger partial charge in [-0.25, -0.2) is 4.98 Å². The summed E-state index contributed by atoms with van der Waals surface area (Å²) < 4.78 is 0. The van der Waals surface area contributed by atoms with Crippen LogP contribution in [-0.2, 0) is 9.59 Å². The molecule has 0 aromatic carbocycles. The average Bonchev–Trinajstić information content (AvgIpc) is 2.28. The number of aryl methyl sites for hydroxylation is 1. The lowest BCUT2D eigenvalue weighted by atomic mass is 10.5. The minimum absolute atomic E-state index is 0.147. The minimum Gasteiger partial charge on any atom is -0.316 e. The monoisotopic (exact) mass is 213 g/mol. The topological polar surface area (TPSA) is 71.1 Å². The molecule has 0 bridgehead atoms. The van der Waals surface area contributed by atoms with Gasteiger partial charge >= 0.3 is 0 Å². The van der Waals surface area contributed by atoms with Crippen molar-refractivity contribution in [2.24, 2.45) is 0 Å². The molecule has 2 amide bonds. The fourth-order valence-electron chi connectivity index (χ4n) is 0.876. The van der Waals surface area contributed by atoms with E-state index in [1.165, 1.54) is 25.2 Å². The summed E-state index contributed by atoms with van der Waals surface area (Å²) in [6.07, 6.45) is 0. The van der Waals surface area contributed by atoms with Gasteiger partial charge in [-0.3, -0.25) is 9.59 Å². The van der Waals surface area contributed by atoms with Gasteiger partial charge in [0.05, 0.1) is 5.69 Å². The van der Waals surface area contributed by atoms with Crippen molar-refractivity contribution in [1.82, 2.24) is 4.98 Å². The van der Waals surface area contributed by atoms with Crippen LogP contribution in [0.4, 0.5) is 10.1 Å². The maximum Gasteiger partial charge on any atom is 0.223 e. The summed E-state index contributed by atoms with van der Waals surface area (Å²) in [6.45, 7) is 4.61. The largest absolute Gasteiger partial charge is 0.316 e. The number of rotatable bonds is 2. The summed E-state index contributed by atoms with van der Waals surface area (Å²) in [5.74, 6) is -0.320. The van der Waals surface area contributed by atoms with Gasteiger partial charge in [0.15, 0.2) is 5.13 Å². The van der Waals surface area contributed by atoms with Crippen molar-refractivity contribution in [2.75, 3.05) is 10.6 Å². The molecule has 1 heterocycles. The van der Waals surface area contributed by atoms with Crippen molar-refractivity contribution in [3.63, 3.8) is 0 Å². The number of hydrogen-bond donors (Lipinski definition) is 2. The van der Waals surface area contributed by atoms with Crippen molar-refractivity contribution in [3.05, 3.63) is 5.69 Å². The lowest BCUT2D eigenvalue weighted by Gasteiger charge is -1.95. The highest BCUT2D eigenvalue weighted by Gasteiger charge is 2.08. The van der Waals surface area contributed by atoms with Gasteiger partial charge in [0, 0.05) is 13.8 Å². The molecule has 0 atom stereocenters. The maximum absolute atomic E-state index is 10.8. The molecule has 6 heteroatoms. The molecular formula is C8H11N3O2S. The smallest absolute Gasteiger partial charge is 0.223 e. The summed E-state index contributed by atoms with van der Waals surface area (Å²) in [5, 5.41) is 6.36. The summed E-state index contributed by atoms with van der Waals surface area (Å²) in [6, 6.07) is 0. The first kappa shape index (κ1) is 10.6. The van der Waals surface area contributed by atoms with E-state index in [0.29, 0.717) is 15.8 Å². The van der Waals surface area contributed by atoms with Gasteiger partial charge in [-0.15, -0.1) is 0 Å². The van der Waals surface area contributed by atoms with Crippen LogP contribution in [0.2, 0.25) is 0 Å². The zero-order valence-corrected chi connectivity index (χ0v) is 8.99. The minimum atomic E-state index is -0.173. The second kappa shape index (κ2) is 4.19. The maximum atomic E-state index is 10.8. The van der Waals surface area contributed by atoms with Crippen molar-refractivity contribution >= 4 is 33.3 Å². The second-order valence-electron chi connectivity index (χ2n) is 2.80. The summed E-state index contributed by atoms with van der Waals surface area (Å²) in [4.78, 5) is 25.6. The van der Waals surface area contributed by atoms with E-state index in [1.807, 2.05) is 0 Å². The van der Waals surface area contributed by atoms with Crippen molar-refractivity contribution in [2.45, 2.75) is 20.8 Å². The van der Waals surface area contributed by atoms with Gasteiger partial charge < -0.3 is 10.6 Å². The molecule has 1 aromatic rings. The fraction of sp³-hybridized carbons (Fsp3) is 0.375. The van der Waals surface area contributed by atoms with Gasteiger partial charge in [0.2, 0.25) is 11.8 Å². The van der Waals surface area contributed by atoms with Gasteiger partial charge in [0.1, 0.15) is 5.00 Å². The number of nitrogens with one attached hydrogen (secondary N) is 2. The Hall–Kier alpha value is -1.43. The lowest BCUT2D eigenvalue weighted by molar-refractivity contribution is -0.115. The number of carbonyl (C=O) groups is 2. The average molecular weight is 213 g/mol. The fourth-order valence-corrected chi connectivity index (χ4v) is 1.84. The van der Waals surface area contributed by atoms with Crippen LogP contribution in [0.3, 0.4) is 0 Å². The molecule has 0 aliphatic heterocycles. The van der Waals surface area contributed by atoms with Crippen molar-refractivity contribution < 1.29 is 9.59 Å². The van der Waals surface area contributed by atoms with E-state index in [0.717, 1.165) is 0 Å². The van der Waals surface area contributed by atoms with Crippen molar-refractivity contribution in [1.29, 1.82) is 0 Å². The van der Waals surface area contributed by atoms with E-state index in [4.69, 9.17) is 0 Å². The number of anilines is 2. The van der Waals surface area contributed by atoms with Crippen LogP contribution < -0.4 is 10.6 Å². The van der Waals surface area contributed by atoms with Gasteiger partial charge in [0.25, 0.3) is 0 Å². The van der Waals surface area contributed by atoms with Gasteiger partial charge in [-0.1, -0.05) is 11.3 Å². The summed E-state index contributed by atoms with van der Waals surface area (Å²) >= 11 is 1.24. The molecule has 1 aromatic heterocycles. The standard InChI is InChI=1S/C8H11N3O2S/c1-4-7(10-5(2)12)14-8(9-4)11-6(3)13/h1-3H3,(H,10,12)(H,9,11,13).